The third kappa shape index (κ3) is 6.94. The fourth-order valence-corrected chi connectivity index (χ4v) is 3.95. The standard InChI is InChI=1S/2C14H17NO/c2*1-12(13-7-3-2-4-8-13)11-15-10-6-5-9-14(15)16/h2*2-4,7-8,11H,5-6,9-10H2,1H3/b2*12-11+. The molecule has 0 N–H and O–H groups in total. The van der Waals surface area contributed by atoms with Gasteiger partial charge in [-0.15, -0.1) is 0 Å². The van der Waals surface area contributed by atoms with Crippen LogP contribution in [0.15, 0.2) is 73.1 Å². The second-order valence-corrected chi connectivity index (χ2v) is 8.44. The van der Waals surface area contributed by atoms with Crippen molar-refractivity contribution in [3.05, 3.63) is 84.2 Å². The topological polar surface area (TPSA) is 40.6 Å². The molecule has 2 aromatic carbocycles. The number of carbonyl (C=O) groups excluding carboxylic acids is 2. The van der Waals surface area contributed by atoms with E-state index < -0.39 is 0 Å². The van der Waals surface area contributed by atoms with Crippen LogP contribution in [-0.4, -0.2) is 34.7 Å². The molecule has 0 unspecified atom stereocenters. The highest BCUT2D eigenvalue weighted by Gasteiger charge is 2.16. The van der Waals surface area contributed by atoms with Crippen molar-refractivity contribution in [2.24, 2.45) is 0 Å². The Bertz CT molecular complexity index is 868. The Labute approximate surface area is 192 Å². The minimum atomic E-state index is 0.251. The molecule has 32 heavy (non-hydrogen) atoms. The van der Waals surface area contributed by atoms with Gasteiger partial charge in [-0.2, -0.15) is 0 Å². The maximum Gasteiger partial charge on any atom is 0.226 e. The minimum absolute atomic E-state index is 0.251. The van der Waals surface area contributed by atoms with Crippen LogP contribution in [0, 0.1) is 0 Å². The van der Waals surface area contributed by atoms with E-state index in [1.807, 2.05) is 58.6 Å². The van der Waals surface area contributed by atoms with Gasteiger partial charge in [-0.3, -0.25) is 9.59 Å². The van der Waals surface area contributed by atoms with Gasteiger partial charge in [0.1, 0.15) is 0 Å². The highest BCUT2D eigenvalue weighted by Crippen LogP contribution is 2.18. The molecule has 0 saturated carbocycles. The Morgan fingerprint density at radius 3 is 1.34 bits per heavy atom. The first-order valence-corrected chi connectivity index (χ1v) is 11.6. The highest BCUT2D eigenvalue weighted by atomic mass is 16.2. The summed E-state index contributed by atoms with van der Waals surface area (Å²) in [6.07, 6.45) is 9.65. The maximum absolute atomic E-state index is 11.6. The molecule has 4 rings (SSSR count). The van der Waals surface area contributed by atoms with E-state index in [0.717, 1.165) is 49.9 Å². The Morgan fingerprint density at radius 1 is 0.625 bits per heavy atom. The summed E-state index contributed by atoms with van der Waals surface area (Å²) in [5, 5.41) is 0. The van der Waals surface area contributed by atoms with Crippen molar-refractivity contribution in [1.29, 1.82) is 0 Å². The number of amides is 2. The number of piperidine rings is 2. The molecular weight excluding hydrogens is 396 g/mol. The van der Waals surface area contributed by atoms with Gasteiger partial charge in [0.2, 0.25) is 11.8 Å². The number of nitrogens with zero attached hydrogens (tertiary/aromatic N) is 2. The number of benzene rings is 2. The summed E-state index contributed by atoms with van der Waals surface area (Å²) in [5.74, 6) is 0.503. The van der Waals surface area contributed by atoms with Gasteiger partial charge in [0.25, 0.3) is 0 Å². The molecule has 4 nitrogen and oxygen atoms in total. The summed E-state index contributed by atoms with van der Waals surface area (Å²) >= 11 is 0. The molecule has 2 aliphatic rings. The zero-order chi connectivity index (χ0) is 22.8. The molecule has 2 amide bonds. The van der Waals surface area contributed by atoms with Crippen LogP contribution in [0.25, 0.3) is 11.1 Å². The van der Waals surface area contributed by atoms with Gasteiger partial charge in [0.05, 0.1) is 0 Å². The first kappa shape index (κ1) is 23.5. The molecule has 2 fully saturated rings. The fraction of sp³-hybridized carbons (Fsp3) is 0.357. The van der Waals surface area contributed by atoms with Crippen LogP contribution in [0.3, 0.4) is 0 Å². The molecular formula is C28H34N2O2. The number of rotatable bonds is 4. The van der Waals surface area contributed by atoms with Crippen molar-refractivity contribution < 1.29 is 9.59 Å². The lowest BCUT2D eigenvalue weighted by Gasteiger charge is -2.23. The molecule has 2 aromatic rings. The molecule has 0 spiro atoms. The monoisotopic (exact) mass is 430 g/mol. The van der Waals surface area contributed by atoms with Crippen LogP contribution >= 0.6 is 0 Å². The summed E-state index contributed by atoms with van der Waals surface area (Å²) in [4.78, 5) is 27.0. The van der Waals surface area contributed by atoms with E-state index >= 15 is 0 Å². The van der Waals surface area contributed by atoms with Crippen LogP contribution in [0.2, 0.25) is 0 Å². The highest BCUT2D eigenvalue weighted by molar-refractivity contribution is 5.80. The third-order valence-electron chi connectivity index (χ3n) is 5.88. The molecule has 2 saturated heterocycles. The number of carbonyl (C=O) groups is 2. The first-order valence-electron chi connectivity index (χ1n) is 11.6. The van der Waals surface area contributed by atoms with Gasteiger partial charge in [-0.05, 0) is 61.8 Å². The molecule has 2 heterocycles. The average Bonchev–Trinajstić information content (AvgIpc) is 2.83. The van der Waals surface area contributed by atoms with Gasteiger partial charge in [-0.1, -0.05) is 60.7 Å². The van der Waals surface area contributed by atoms with E-state index in [9.17, 15) is 9.59 Å². The van der Waals surface area contributed by atoms with E-state index in [2.05, 4.69) is 38.1 Å². The lowest BCUT2D eigenvalue weighted by Crippen LogP contribution is -2.30. The smallest absolute Gasteiger partial charge is 0.226 e. The van der Waals surface area contributed by atoms with Crippen molar-refractivity contribution in [2.75, 3.05) is 13.1 Å². The summed E-state index contributed by atoms with van der Waals surface area (Å²) in [6.45, 7) is 5.83. The Hall–Kier alpha value is -3.14. The van der Waals surface area contributed by atoms with E-state index in [-0.39, 0.29) is 11.8 Å². The molecule has 4 heteroatoms. The SMILES string of the molecule is C/C(=C\N1CCCCC1=O)c1ccccc1.C/C(=C\N1CCCCC1=O)c1ccccc1. The summed E-state index contributed by atoms with van der Waals surface area (Å²) in [5.41, 5.74) is 4.66. The van der Waals surface area contributed by atoms with Crippen molar-refractivity contribution in [3.8, 4) is 0 Å². The van der Waals surface area contributed by atoms with E-state index in [4.69, 9.17) is 0 Å². The van der Waals surface area contributed by atoms with Gasteiger partial charge in [0, 0.05) is 38.3 Å². The quantitative estimate of drug-likeness (QED) is 0.586. The molecule has 0 aliphatic carbocycles. The zero-order valence-corrected chi connectivity index (χ0v) is 19.3. The van der Waals surface area contributed by atoms with Crippen LogP contribution in [0.5, 0.6) is 0 Å². The maximum atomic E-state index is 11.6. The Morgan fingerprint density at radius 2 is 1.00 bits per heavy atom. The molecule has 2 aliphatic heterocycles. The van der Waals surface area contributed by atoms with Crippen LogP contribution in [0.4, 0.5) is 0 Å². The van der Waals surface area contributed by atoms with Gasteiger partial charge in [-0.25, -0.2) is 0 Å². The van der Waals surface area contributed by atoms with E-state index in [1.54, 1.807) is 0 Å². The van der Waals surface area contributed by atoms with Gasteiger partial charge < -0.3 is 9.80 Å². The third-order valence-corrected chi connectivity index (χ3v) is 5.88. The Kier molecular flexibility index (Phi) is 8.85. The number of hydrogen-bond acceptors (Lipinski definition) is 2. The van der Waals surface area contributed by atoms with Crippen molar-refractivity contribution >= 4 is 23.0 Å². The van der Waals surface area contributed by atoms with E-state index in [0.29, 0.717) is 12.8 Å². The van der Waals surface area contributed by atoms with Crippen molar-refractivity contribution in [3.63, 3.8) is 0 Å². The van der Waals surface area contributed by atoms with Crippen molar-refractivity contribution in [1.82, 2.24) is 9.80 Å². The van der Waals surface area contributed by atoms with Crippen LogP contribution < -0.4 is 0 Å². The van der Waals surface area contributed by atoms with Crippen LogP contribution in [0.1, 0.15) is 63.5 Å². The lowest BCUT2D eigenvalue weighted by molar-refractivity contribution is -0.131. The predicted octanol–water partition coefficient (Wildman–Crippen LogP) is 6.12. The molecule has 168 valence electrons. The lowest BCUT2D eigenvalue weighted by atomic mass is 10.1. The van der Waals surface area contributed by atoms with Gasteiger partial charge >= 0.3 is 0 Å². The minimum Gasteiger partial charge on any atom is -0.319 e. The Balaban J connectivity index is 0.000000181. The second-order valence-electron chi connectivity index (χ2n) is 8.44. The molecule has 0 bridgehead atoms. The number of allylic oxidation sites excluding steroid dienone is 2. The molecule has 0 aromatic heterocycles. The largest absolute Gasteiger partial charge is 0.319 e. The predicted molar refractivity (Wildman–Crippen MR) is 131 cm³/mol. The second kappa shape index (κ2) is 12.0. The molecule has 0 atom stereocenters. The zero-order valence-electron chi connectivity index (χ0n) is 19.3. The summed E-state index contributed by atoms with van der Waals surface area (Å²) < 4.78 is 0. The van der Waals surface area contributed by atoms with Crippen LogP contribution in [-0.2, 0) is 9.59 Å². The van der Waals surface area contributed by atoms with Crippen molar-refractivity contribution in [2.45, 2.75) is 52.4 Å². The fourth-order valence-electron chi connectivity index (χ4n) is 3.95. The molecule has 0 radical (unpaired) electrons. The van der Waals surface area contributed by atoms with E-state index in [1.165, 1.54) is 11.1 Å². The van der Waals surface area contributed by atoms with Gasteiger partial charge in [0.15, 0.2) is 0 Å². The number of likely N-dealkylation sites (tertiary alicyclic amines) is 2. The summed E-state index contributed by atoms with van der Waals surface area (Å²) in [7, 11) is 0. The number of hydrogen-bond donors (Lipinski definition) is 0. The summed E-state index contributed by atoms with van der Waals surface area (Å²) in [6, 6.07) is 20.4. The average molecular weight is 431 g/mol. The first-order chi connectivity index (χ1) is 15.5. The normalized spacial score (nSPS) is 17.7.